The summed E-state index contributed by atoms with van der Waals surface area (Å²) in [5.41, 5.74) is 7.09. The topological polar surface area (TPSA) is 95.1 Å². The van der Waals surface area contributed by atoms with Crippen molar-refractivity contribution in [1.82, 2.24) is 4.57 Å². The zero-order valence-electron chi connectivity index (χ0n) is 18.8. The SMILES string of the molecule is Cc1cc(C)cc(NC(=O)/C(C#N)=C\c2cc(C)n(-c3ccc(C(=O)O)cc3C)c2C)c1. The normalized spacial score (nSPS) is 11.2. The fourth-order valence-electron chi connectivity index (χ4n) is 3.89. The minimum atomic E-state index is -0.974. The Bertz CT molecular complexity index is 1290. The highest BCUT2D eigenvalue weighted by atomic mass is 16.4. The quantitative estimate of drug-likeness (QED) is 0.429. The number of nitriles is 1. The summed E-state index contributed by atoms with van der Waals surface area (Å²) in [6.07, 6.45) is 1.58. The number of carboxylic acids is 1. The van der Waals surface area contributed by atoms with E-state index in [0.717, 1.165) is 39.3 Å². The molecule has 0 saturated carbocycles. The molecule has 1 heterocycles. The number of carbonyl (C=O) groups is 2. The largest absolute Gasteiger partial charge is 0.478 e. The number of carboxylic acid groups (broad SMARTS) is 1. The number of benzene rings is 2. The van der Waals surface area contributed by atoms with E-state index in [-0.39, 0.29) is 11.1 Å². The maximum absolute atomic E-state index is 12.7. The Morgan fingerprint density at radius 2 is 1.66 bits per heavy atom. The molecule has 1 aromatic heterocycles. The number of carbonyl (C=O) groups excluding carboxylic acids is 1. The Kier molecular flexibility index (Phi) is 6.31. The lowest BCUT2D eigenvalue weighted by Gasteiger charge is -2.13. The van der Waals surface area contributed by atoms with E-state index in [1.807, 2.05) is 69.5 Å². The number of rotatable bonds is 5. The summed E-state index contributed by atoms with van der Waals surface area (Å²) >= 11 is 0. The van der Waals surface area contributed by atoms with Gasteiger partial charge in [0, 0.05) is 22.8 Å². The molecule has 0 aliphatic rings. The van der Waals surface area contributed by atoms with Gasteiger partial charge in [0.15, 0.2) is 0 Å². The highest BCUT2D eigenvalue weighted by molar-refractivity contribution is 6.09. The van der Waals surface area contributed by atoms with Crippen LogP contribution in [-0.4, -0.2) is 21.6 Å². The van der Waals surface area contributed by atoms with Crippen molar-refractivity contribution in [3.63, 3.8) is 0 Å². The Morgan fingerprint density at radius 1 is 1.00 bits per heavy atom. The van der Waals surface area contributed by atoms with Crippen molar-refractivity contribution in [3.8, 4) is 11.8 Å². The van der Waals surface area contributed by atoms with E-state index in [4.69, 9.17) is 0 Å². The molecule has 0 atom stereocenters. The standard InChI is InChI=1S/C26H25N3O3/c1-15-8-16(2)10-23(9-15)28-25(30)22(14-27)13-21-12-18(4)29(19(21)5)24-7-6-20(26(31)32)11-17(24)3/h6-13H,1-5H3,(H,28,30)(H,31,32)/b22-13-. The van der Waals surface area contributed by atoms with Gasteiger partial charge in [0.1, 0.15) is 11.6 Å². The molecule has 3 rings (SSSR count). The summed E-state index contributed by atoms with van der Waals surface area (Å²) in [5, 5.41) is 21.6. The number of anilines is 1. The molecule has 0 unspecified atom stereocenters. The Hall–Kier alpha value is -4.11. The van der Waals surface area contributed by atoms with Crippen molar-refractivity contribution in [3.05, 3.63) is 87.2 Å². The lowest BCUT2D eigenvalue weighted by molar-refractivity contribution is -0.112. The van der Waals surface area contributed by atoms with Crippen LogP contribution in [0.4, 0.5) is 5.69 Å². The average molecular weight is 428 g/mol. The van der Waals surface area contributed by atoms with Crippen LogP contribution in [0, 0.1) is 45.9 Å². The average Bonchev–Trinajstić information content (AvgIpc) is 2.98. The Labute approximate surface area is 187 Å². The zero-order valence-corrected chi connectivity index (χ0v) is 18.8. The molecule has 0 saturated heterocycles. The summed E-state index contributed by atoms with van der Waals surface area (Å²) < 4.78 is 1.99. The molecule has 2 N–H and O–H groups in total. The second-order valence-electron chi connectivity index (χ2n) is 7.97. The van der Waals surface area contributed by atoms with Gasteiger partial charge in [-0.05, 0) is 99.3 Å². The third-order valence-corrected chi connectivity index (χ3v) is 5.30. The molecule has 0 radical (unpaired) electrons. The van der Waals surface area contributed by atoms with Crippen LogP contribution in [0.2, 0.25) is 0 Å². The van der Waals surface area contributed by atoms with Crippen LogP contribution >= 0.6 is 0 Å². The molecule has 0 bridgehead atoms. The number of nitrogens with one attached hydrogen (secondary N) is 1. The third kappa shape index (κ3) is 4.62. The fraction of sp³-hybridized carbons (Fsp3) is 0.192. The molecule has 6 nitrogen and oxygen atoms in total. The third-order valence-electron chi connectivity index (χ3n) is 5.30. The van der Waals surface area contributed by atoms with Gasteiger partial charge in [-0.15, -0.1) is 0 Å². The molecule has 6 heteroatoms. The highest BCUT2D eigenvalue weighted by Gasteiger charge is 2.16. The van der Waals surface area contributed by atoms with Crippen LogP contribution in [0.5, 0.6) is 0 Å². The molecule has 0 fully saturated rings. The van der Waals surface area contributed by atoms with E-state index in [1.165, 1.54) is 0 Å². The molecule has 0 aliphatic carbocycles. The lowest BCUT2D eigenvalue weighted by Crippen LogP contribution is -2.13. The number of hydrogen-bond donors (Lipinski definition) is 2. The molecule has 0 spiro atoms. The Balaban J connectivity index is 1.97. The van der Waals surface area contributed by atoms with Crippen LogP contribution in [0.3, 0.4) is 0 Å². The first-order valence-electron chi connectivity index (χ1n) is 10.2. The van der Waals surface area contributed by atoms with Gasteiger partial charge in [0.2, 0.25) is 0 Å². The minimum absolute atomic E-state index is 0.00218. The predicted octanol–water partition coefficient (Wildman–Crippen LogP) is 5.26. The summed E-state index contributed by atoms with van der Waals surface area (Å²) in [7, 11) is 0. The fourth-order valence-corrected chi connectivity index (χ4v) is 3.89. The number of aryl methyl sites for hydroxylation is 4. The van der Waals surface area contributed by atoms with E-state index < -0.39 is 11.9 Å². The molecular weight excluding hydrogens is 402 g/mol. The van der Waals surface area contributed by atoms with Crippen molar-refractivity contribution >= 4 is 23.6 Å². The maximum atomic E-state index is 12.7. The summed E-state index contributed by atoms with van der Waals surface area (Å²) in [4.78, 5) is 24.0. The van der Waals surface area contributed by atoms with Gasteiger partial charge in [-0.2, -0.15) is 5.26 Å². The second-order valence-corrected chi connectivity index (χ2v) is 7.97. The zero-order chi connectivity index (χ0) is 23.6. The number of nitrogens with zero attached hydrogens (tertiary/aromatic N) is 2. The minimum Gasteiger partial charge on any atom is -0.478 e. The summed E-state index contributed by atoms with van der Waals surface area (Å²) in [6.45, 7) is 9.58. The van der Waals surface area contributed by atoms with Crippen LogP contribution in [0.25, 0.3) is 11.8 Å². The van der Waals surface area contributed by atoms with E-state index in [2.05, 4.69) is 5.32 Å². The first-order valence-corrected chi connectivity index (χ1v) is 10.2. The number of aromatic nitrogens is 1. The molecule has 3 aromatic rings. The smallest absolute Gasteiger partial charge is 0.335 e. The lowest BCUT2D eigenvalue weighted by atomic mass is 10.1. The number of hydrogen-bond acceptors (Lipinski definition) is 3. The number of amides is 1. The van der Waals surface area contributed by atoms with Gasteiger partial charge >= 0.3 is 5.97 Å². The van der Waals surface area contributed by atoms with Crippen LogP contribution in [0.1, 0.15) is 44.0 Å². The number of aromatic carboxylic acids is 1. The predicted molar refractivity (Wildman–Crippen MR) is 125 cm³/mol. The molecule has 162 valence electrons. The van der Waals surface area contributed by atoms with Crippen molar-refractivity contribution in [2.24, 2.45) is 0 Å². The van der Waals surface area contributed by atoms with Gasteiger partial charge in [-0.25, -0.2) is 4.79 Å². The Morgan fingerprint density at radius 3 is 2.22 bits per heavy atom. The molecule has 2 aromatic carbocycles. The highest BCUT2D eigenvalue weighted by Crippen LogP contribution is 2.26. The van der Waals surface area contributed by atoms with Gasteiger partial charge in [-0.1, -0.05) is 6.07 Å². The van der Waals surface area contributed by atoms with Crippen LogP contribution in [-0.2, 0) is 4.79 Å². The van der Waals surface area contributed by atoms with Crippen molar-refractivity contribution in [2.45, 2.75) is 34.6 Å². The molecular formula is C26H25N3O3. The van der Waals surface area contributed by atoms with Crippen LogP contribution < -0.4 is 5.32 Å². The van der Waals surface area contributed by atoms with E-state index in [0.29, 0.717) is 5.69 Å². The molecule has 32 heavy (non-hydrogen) atoms. The molecule has 1 amide bonds. The summed E-state index contributed by atoms with van der Waals surface area (Å²) in [6, 6.07) is 14.6. The summed E-state index contributed by atoms with van der Waals surface area (Å²) in [5.74, 6) is -1.44. The van der Waals surface area contributed by atoms with Crippen molar-refractivity contribution < 1.29 is 14.7 Å². The van der Waals surface area contributed by atoms with Crippen molar-refractivity contribution in [2.75, 3.05) is 5.32 Å². The van der Waals surface area contributed by atoms with Crippen molar-refractivity contribution in [1.29, 1.82) is 5.26 Å². The maximum Gasteiger partial charge on any atom is 0.335 e. The van der Waals surface area contributed by atoms with E-state index in [9.17, 15) is 20.0 Å². The first-order chi connectivity index (χ1) is 15.1. The van der Waals surface area contributed by atoms with Crippen LogP contribution in [0.15, 0.2) is 48.0 Å². The van der Waals surface area contributed by atoms with E-state index >= 15 is 0 Å². The monoisotopic (exact) mass is 427 g/mol. The van der Waals surface area contributed by atoms with Gasteiger partial charge in [0.05, 0.1) is 5.56 Å². The molecule has 0 aliphatic heterocycles. The van der Waals surface area contributed by atoms with Gasteiger partial charge in [0.25, 0.3) is 5.91 Å². The van der Waals surface area contributed by atoms with Gasteiger partial charge < -0.3 is 15.0 Å². The first kappa shape index (κ1) is 22.6. The van der Waals surface area contributed by atoms with E-state index in [1.54, 1.807) is 24.3 Å². The second kappa shape index (κ2) is 8.94. The van der Waals surface area contributed by atoms with Gasteiger partial charge in [-0.3, -0.25) is 4.79 Å².